The Morgan fingerprint density at radius 2 is 1.55 bits per heavy atom. The van der Waals surface area contributed by atoms with Crippen molar-refractivity contribution < 1.29 is 4.42 Å². The third kappa shape index (κ3) is 3.41. The minimum absolute atomic E-state index is 0.837. The van der Waals surface area contributed by atoms with Crippen LogP contribution in [0.3, 0.4) is 0 Å². The molecule has 0 atom stereocenters. The lowest BCUT2D eigenvalue weighted by atomic mass is 10.1. The van der Waals surface area contributed by atoms with Crippen LogP contribution in [0, 0.1) is 0 Å². The van der Waals surface area contributed by atoms with Crippen LogP contribution in [0.1, 0.15) is 0 Å². The Balaban J connectivity index is 1.36. The van der Waals surface area contributed by atoms with Gasteiger partial charge in [-0.15, -0.1) is 0 Å². The number of rotatable bonds is 4. The molecule has 190 valence electrons. The van der Waals surface area contributed by atoms with E-state index in [2.05, 4.69) is 100 Å². The molecule has 0 fully saturated rings. The second-order valence-corrected chi connectivity index (χ2v) is 9.99. The fourth-order valence-corrected chi connectivity index (χ4v) is 5.88. The quantitative estimate of drug-likeness (QED) is 0.235. The molecule has 0 radical (unpaired) electrons. The first-order chi connectivity index (χ1) is 19.8. The second kappa shape index (κ2) is 8.82. The molecule has 0 unspecified atom stereocenters. The summed E-state index contributed by atoms with van der Waals surface area (Å²) in [6, 6.07) is 39.9. The molecule has 0 aliphatic rings. The molecule has 40 heavy (non-hydrogen) atoms. The Bertz CT molecular complexity index is 2170. The summed E-state index contributed by atoms with van der Waals surface area (Å²) in [7, 11) is 2.08. The van der Waals surface area contributed by atoms with Crippen LogP contribution in [0.25, 0.3) is 72.5 Å². The molecule has 8 rings (SSSR count). The maximum Gasteiger partial charge on any atom is 0.140 e. The summed E-state index contributed by atoms with van der Waals surface area (Å²) in [5.41, 5.74) is 9.52. The molecule has 5 heteroatoms. The normalized spacial score (nSPS) is 11.6. The van der Waals surface area contributed by atoms with E-state index in [9.17, 15) is 0 Å². The molecule has 0 amide bonds. The fraction of sp³-hybridized carbons (Fsp3) is 0.0286. The van der Waals surface area contributed by atoms with Crippen molar-refractivity contribution in [2.75, 3.05) is 0 Å². The number of pyridine rings is 1. The van der Waals surface area contributed by atoms with Gasteiger partial charge in [-0.2, -0.15) is 0 Å². The Labute approximate surface area is 230 Å². The first-order valence-electron chi connectivity index (χ1n) is 13.3. The highest BCUT2D eigenvalue weighted by molar-refractivity contribution is 6.10. The van der Waals surface area contributed by atoms with Crippen molar-refractivity contribution in [3.05, 3.63) is 128 Å². The molecule has 0 saturated heterocycles. The van der Waals surface area contributed by atoms with Gasteiger partial charge in [0, 0.05) is 46.4 Å². The van der Waals surface area contributed by atoms with Crippen molar-refractivity contribution in [1.29, 1.82) is 0 Å². The molecule has 8 aromatic rings. The van der Waals surface area contributed by atoms with Gasteiger partial charge < -0.3 is 13.6 Å². The van der Waals surface area contributed by atoms with Crippen LogP contribution in [0.4, 0.5) is 0 Å². The number of aryl methyl sites for hydroxylation is 1. The third-order valence-electron chi connectivity index (χ3n) is 7.68. The third-order valence-corrected chi connectivity index (χ3v) is 7.68. The maximum absolute atomic E-state index is 5.75. The Morgan fingerprint density at radius 1 is 0.675 bits per heavy atom. The van der Waals surface area contributed by atoms with E-state index in [1.807, 2.05) is 42.6 Å². The monoisotopic (exact) mass is 516 g/mol. The summed E-state index contributed by atoms with van der Waals surface area (Å²) in [4.78, 5) is 9.65. The average molecular weight is 517 g/mol. The molecule has 4 aromatic carbocycles. The van der Waals surface area contributed by atoms with Gasteiger partial charge in [0.2, 0.25) is 0 Å². The largest absolute Gasteiger partial charge is 0.464 e. The van der Waals surface area contributed by atoms with E-state index in [1.54, 1.807) is 6.26 Å². The molecule has 0 spiro atoms. The first-order valence-corrected chi connectivity index (χ1v) is 13.3. The second-order valence-electron chi connectivity index (χ2n) is 9.99. The van der Waals surface area contributed by atoms with Gasteiger partial charge in [-0.1, -0.05) is 54.6 Å². The SMILES string of the molecule is Cn1c(-c2ccc3c4ccccc4n(-c4cccc(-c5ccccn5)c4)c3c2)nc2cccc(-c3ccco3)c21. The highest BCUT2D eigenvalue weighted by Gasteiger charge is 2.18. The van der Waals surface area contributed by atoms with Crippen molar-refractivity contribution in [3.8, 4) is 39.7 Å². The van der Waals surface area contributed by atoms with Crippen molar-refractivity contribution in [1.82, 2.24) is 19.1 Å². The molecular formula is C35H24N4O. The number of para-hydroxylation sites is 2. The van der Waals surface area contributed by atoms with E-state index in [0.29, 0.717) is 0 Å². The van der Waals surface area contributed by atoms with E-state index in [0.717, 1.165) is 61.7 Å². The summed E-state index contributed by atoms with van der Waals surface area (Å²) in [5, 5.41) is 2.43. The number of furan rings is 1. The number of benzene rings is 4. The fourth-order valence-electron chi connectivity index (χ4n) is 5.88. The zero-order valence-electron chi connectivity index (χ0n) is 21.8. The molecule has 0 N–H and O–H groups in total. The van der Waals surface area contributed by atoms with Gasteiger partial charge in [-0.25, -0.2) is 4.98 Å². The minimum Gasteiger partial charge on any atom is -0.464 e. The molecule has 0 aliphatic heterocycles. The summed E-state index contributed by atoms with van der Waals surface area (Å²) < 4.78 is 10.3. The van der Waals surface area contributed by atoms with Crippen LogP contribution in [0.5, 0.6) is 0 Å². The molecule has 0 bridgehead atoms. The van der Waals surface area contributed by atoms with Gasteiger partial charge in [0.25, 0.3) is 0 Å². The number of nitrogens with zero attached hydrogens (tertiary/aromatic N) is 4. The highest BCUT2D eigenvalue weighted by atomic mass is 16.3. The van der Waals surface area contributed by atoms with Crippen LogP contribution in [0.15, 0.2) is 132 Å². The summed E-state index contributed by atoms with van der Waals surface area (Å²) in [6.45, 7) is 0. The van der Waals surface area contributed by atoms with Crippen LogP contribution >= 0.6 is 0 Å². The molecule has 4 aromatic heterocycles. The topological polar surface area (TPSA) is 48.8 Å². The lowest BCUT2D eigenvalue weighted by Gasteiger charge is -2.11. The predicted octanol–water partition coefficient (Wildman–Crippen LogP) is 8.66. The van der Waals surface area contributed by atoms with Crippen molar-refractivity contribution in [2.45, 2.75) is 0 Å². The van der Waals surface area contributed by atoms with E-state index in [-0.39, 0.29) is 0 Å². The van der Waals surface area contributed by atoms with Crippen molar-refractivity contribution in [3.63, 3.8) is 0 Å². The van der Waals surface area contributed by atoms with Gasteiger partial charge in [0.1, 0.15) is 11.6 Å². The summed E-state index contributed by atoms with van der Waals surface area (Å²) in [5.74, 6) is 1.75. The van der Waals surface area contributed by atoms with Crippen molar-refractivity contribution in [2.24, 2.45) is 7.05 Å². The van der Waals surface area contributed by atoms with Crippen molar-refractivity contribution >= 4 is 32.8 Å². The first kappa shape index (κ1) is 22.6. The molecule has 5 nitrogen and oxygen atoms in total. The number of fused-ring (bicyclic) bond motifs is 4. The molecule has 4 heterocycles. The number of aromatic nitrogens is 4. The Hall–Kier alpha value is -5.42. The average Bonchev–Trinajstić information content (AvgIpc) is 3.74. The van der Waals surface area contributed by atoms with E-state index >= 15 is 0 Å². The van der Waals surface area contributed by atoms with E-state index in [1.165, 1.54) is 10.8 Å². The smallest absolute Gasteiger partial charge is 0.140 e. The number of imidazole rings is 1. The molecule has 0 saturated carbocycles. The number of hydrogen-bond acceptors (Lipinski definition) is 3. The van der Waals surface area contributed by atoms with Crippen LogP contribution < -0.4 is 0 Å². The van der Waals surface area contributed by atoms with Gasteiger partial charge in [-0.05, 0) is 60.7 Å². The summed E-state index contributed by atoms with van der Waals surface area (Å²) >= 11 is 0. The van der Waals surface area contributed by atoms with Gasteiger partial charge in [-0.3, -0.25) is 4.98 Å². The predicted molar refractivity (Wildman–Crippen MR) is 161 cm³/mol. The zero-order chi connectivity index (χ0) is 26.6. The van der Waals surface area contributed by atoms with Gasteiger partial charge in [0.05, 0.1) is 34.0 Å². The lowest BCUT2D eigenvalue weighted by molar-refractivity contribution is 0.582. The van der Waals surface area contributed by atoms with E-state index in [4.69, 9.17) is 9.40 Å². The van der Waals surface area contributed by atoms with Gasteiger partial charge in [0.15, 0.2) is 0 Å². The number of hydrogen-bond donors (Lipinski definition) is 0. The molecular weight excluding hydrogens is 492 g/mol. The summed E-state index contributed by atoms with van der Waals surface area (Å²) in [6.07, 6.45) is 3.55. The Morgan fingerprint density at radius 3 is 2.42 bits per heavy atom. The van der Waals surface area contributed by atoms with Crippen LogP contribution in [-0.2, 0) is 7.05 Å². The van der Waals surface area contributed by atoms with Crippen LogP contribution in [-0.4, -0.2) is 19.1 Å². The maximum atomic E-state index is 5.75. The van der Waals surface area contributed by atoms with E-state index < -0.39 is 0 Å². The molecule has 0 aliphatic carbocycles. The zero-order valence-corrected chi connectivity index (χ0v) is 21.8. The standard InChI is InChI=1S/C35H24N4O/c1-38-34-28(33-16-8-20-40-33)12-7-14-30(34)37-35(38)24-17-18-27-26-11-2-3-15-31(26)39(32(27)22-24)25-10-6-9-23(21-25)29-13-4-5-19-36-29/h2-22H,1H3. The van der Waals surface area contributed by atoms with Crippen LogP contribution in [0.2, 0.25) is 0 Å². The lowest BCUT2D eigenvalue weighted by Crippen LogP contribution is -1.96. The minimum atomic E-state index is 0.837. The van der Waals surface area contributed by atoms with Gasteiger partial charge >= 0.3 is 0 Å². The Kier molecular flexibility index (Phi) is 4.97. The highest BCUT2D eigenvalue weighted by Crippen LogP contribution is 2.37.